The van der Waals surface area contributed by atoms with Crippen molar-refractivity contribution in [3.63, 3.8) is 0 Å². The van der Waals surface area contributed by atoms with Crippen molar-refractivity contribution in [1.29, 1.82) is 0 Å². The summed E-state index contributed by atoms with van der Waals surface area (Å²) in [6.07, 6.45) is 7.76. The van der Waals surface area contributed by atoms with Crippen molar-refractivity contribution in [2.75, 3.05) is 0 Å². The van der Waals surface area contributed by atoms with E-state index in [1.165, 1.54) is 0 Å². The van der Waals surface area contributed by atoms with Crippen LogP contribution in [-0.4, -0.2) is 15.8 Å². The van der Waals surface area contributed by atoms with E-state index in [1.807, 2.05) is 54.8 Å². The molecule has 0 bridgehead atoms. The zero-order chi connectivity index (χ0) is 11.0. The Labute approximate surface area is 97.0 Å². The predicted octanol–water partition coefficient (Wildman–Crippen LogP) is 0.579. The lowest BCUT2D eigenvalue weighted by Gasteiger charge is -2.08. The molecule has 1 aromatic rings. The number of fused-ring (bicyclic) bond motifs is 1. The maximum Gasteiger partial charge on any atom is 0.365 e. The van der Waals surface area contributed by atoms with E-state index in [0.29, 0.717) is 0 Å². The molecule has 78 valence electrons. The molecule has 16 heavy (non-hydrogen) atoms. The Morgan fingerprint density at radius 1 is 1.06 bits per heavy atom. The van der Waals surface area contributed by atoms with Gasteiger partial charge in [0.05, 0.1) is 0 Å². The molecule has 2 nitrogen and oxygen atoms in total. The van der Waals surface area contributed by atoms with Crippen molar-refractivity contribution in [3.8, 4) is 0 Å². The Morgan fingerprint density at radius 3 is 2.62 bits per heavy atom. The Kier molecular flexibility index (Phi) is 2.20. The third-order valence-corrected chi connectivity index (χ3v) is 3.79. The summed E-state index contributed by atoms with van der Waals surface area (Å²) in [6, 6.07) is 9.83. The van der Waals surface area contributed by atoms with Gasteiger partial charge in [0.1, 0.15) is 11.1 Å². The summed E-state index contributed by atoms with van der Waals surface area (Å²) < 4.78 is 0. The number of rotatable bonds is 1. The standard InChI is InChI=1S/C13H9NOS/c15-13-12(10-6-2-1-3-7-10)16-11-8-4-5-9-14(11)13/h1-9H/p+1. The Hall–Kier alpha value is -1.71. The number of carbonyl (C=O) groups is 1. The second-order valence-corrected chi connectivity index (χ2v) is 4.67. The smallest absolute Gasteiger partial charge is 0.224 e. The van der Waals surface area contributed by atoms with Crippen LogP contribution < -0.4 is 4.90 Å². The molecule has 0 spiro atoms. The van der Waals surface area contributed by atoms with Gasteiger partial charge in [0.2, 0.25) is 0 Å². The molecule has 1 amide bonds. The molecular formula is C13H10NOS+. The average molecular weight is 228 g/mol. The van der Waals surface area contributed by atoms with E-state index in [2.05, 4.69) is 0 Å². The molecule has 2 aliphatic heterocycles. The zero-order valence-electron chi connectivity index (χ0n) is 8.51. The number of hydrogen-bond acceptors (Lipinski definition) is 1. The topological polar surface area (TPSA) is 21.5 Å². The van der Waals surface area contributed by atoms with Gasteiger partial charge in [0.15, 0.2) is 4.99 Å². The summed E-state index contributed by atoms with van der Waals surface area (Å²) >= 11 is 0. The van der Waals surface area contributed by atoms with Crippen LogP contribution in [0.4, 0.5) is 0 Å². The molecule has 1 atom stereocenters. The zero-order valence-corrected chi connectivity index (χ0v) is 9.33. The highest BCUT2D eigenvalue weighted by molar-refractivity contribution is 8.00. The van der Waals surface area contributed by atoms with Crippen molar-refractivity contribution in [2.24, 2.45) is 0 Å². The van der Waals surface area contributed by atoms with Gasteiger partial charge in [-0.05, 0) is 6.08 Å². The molecule has 3 heteroatoms. The number of amides is 1. The first-order valence-corrected chi connectivity index (χ1v) is 5.92. The molecule has 0 radical (unpaired) electrons. The lowest BCUT2D eigenvalue weighted by Crippen LogP contribution is -3.12. The molecule has 1 unspecified atom stereocenters. The van der Waals surface area contributed by atoms with Crippen LogP contribution in [-0.2, 0) is 4.79 Å². The minimum atomic E-state index is 0.145. The van der Waals surface area contributed by atoms with E-state index in [1.54, 1.807) is 10.9 Å². The number of carbonyl (C=O) groups excluding carboxylic acids is 1. The highest BCUT2D eigenvalue weighted by Crippen LogP contribution is 2.06. The molecule has 1 N–H and O–H groups in total. The maximum absolute atomic E-state index is 12.1. The van der Waals surface area contributed by atoms with Crippen molar-refractivity contribution in [2.45, 2.75) is 0 Å². The lowest BCUT2D eigenvalue weighted by atomic mass is 10.1. The van der Waals surface area contributed by atoms with Gasteiger partial charge in [-0.15, -0.1) is 0 Å². The maximum atomic E-state index is 12.1. The SMILES string of the molecule is O=C1C(c2ccccc2)=S=C2C=CC=C[NH+]12. The third-order valence-electron chi connectivity index (χ3n) is 2.59. The quantitative estimate of drug-likeness (QED) is 0.698. The van der Waals surface area contributed by atoms with Gasteiger partial charge in [0.25, 0.3) is 0 Å². The van der Waals surface area contributed by atoms with Crippen molar-refractivity contribution < 1.29 is 9.69 Å². The monoisotopic (exact) mass is 228 g/mol. The average Bonchev–Trinajstić information content (AvgIpc) is 2.69. The number of allylic oxidation sites excluding steroid dienone is 2. The molecule has 0 saturated carbocycles. The van der Waals surface area contributed by atoms with Crippen LogP contribution in [0.15, 0.2) is 54.8 Å². The number of nitrogens with one attached hydrogen (secondary N) is 1. The van der Waals surface area contributed by atoms with E-state index in [-0.39, 0.29) is 5.91 Å². The van der Waals surface area contributed by atoms with Gasteiger partial charge in [-0.3, -0.25) is 0 Å². The van der Waals surface area contributed by atoms with Crippen molar-refractivity contribution in [3.05, 3.63) is 60.3 Å². The first kappa shape index (κ1) is 9.51. The second kappa shape index (κ2) is 3.70. The minimum absolute atomic E-state index is 0.145. The van der Waals surface area contributed by atoms with Crippen LogP contribution in [0.2, 0.25) is 0 Å². The first-order valence-electron chi connectivity index (χ1n) is 5.10. The van der Waals surface area contributed by atoms with Crippen molar-refractivity contribution >= 4 is 26.7 Å². The van der Waals surface area contributed by atoms with Crippen LogP contribution in [0.1, 0.15) is 5.56 Å². The fourth-order valence-electron chi connectivity index (χ4n) is 1.80. The van der Waals surface area contributed by atoms with E-state index in [9.17, 15) is 4.79 Å². The van der Waals surface area contributed by atoms with Gasteiger partial charge in [-0.1, -0.05) is 47.3 Å². The fraction of sp³-hybridized carbons (Fsp3) is 0. The van der Waals surface area contributed by atoms with Crippen LogP contribution in [0.5, 0.6) is 0 Å². The molecular weight excluding hydrogens is 218 g/mol. The summed E-state index contributed by atoms with van der Waals surface area (Å²) in [4.78, 5) is 14.9. The van der Waals surface area contributed by atoms with Gasteiger partial charge in [-0.25, -0.2) is 4.79 Å². The molecule has 0 fully saturated rings. The first-order chi connectivity index (χ1) is 7.86. The third kappa shape index (κ3) is 1.41. The molecule has 3 rings (SSSR count). The molecule has 0 aliphatic carbocycles. The van der Waals surface area contributed by atoms with Crippen LogP contribution in [0.25, 0.3) is 0 Å². The van der Waals surface area contributed by atoms with Crippen molar-refractivity contribution in [1.82, 2.24) is 0 Å². The Morgan fingerprint density at radius 2 is 1.88 bits per heavy atom. The van der Waals surface area contributed by atoms with E-state index >= 15 is 0 Å². The van der Waals surface area contributed by atoms with Crippen LogP contribution >= 0.6 is 10.9 Å². The lowest BCUT2D eigenvalue weighted by molar-refractivity contribution is -0.647. The number of quaternary nitrogens is 1. The summed E-state index contributed by atoms with van der Waals surface area (Å²) in [6.45, 7) is 0. The van der Waals surface area contributed by atoms with E-state index < -0.39 is 0 Å². The Balaban J connectivity index is 2.11. The number of hydrogen-bond donors (Lipinski definition) is 1. The molecule has 2 heterocycles. The molecule has 0 aromatic heterocycles. The highest BCUT2D eigenvalue weighted by atomic mass is 32.1. The highest BCUT2D eigenvalue weighted by Gasteiger charge is 2.33. The second-order valence-electron chi connectivity index (χ2n) is 3.62. The minimum Gasteiger partial charge on any atom is -0.224 e. The van der Waals surface area contributed by atoms with Crippen LogP contribution in [0, 0.1) is 0 Å². The summed E-state index contributed by atoms with van der Waals surface area (Å²) in [5.41, 5.74) is 1.01. The van der Waals surface area contributed by atoms with Gasteiger partial charge in [0, 0.05) is 11.6 Å². The van der Waals surface area contributed by atoms with Gasteiger partial charge in [-0.2, -0.15) is 4.90 Å². The molecule has 0 saturated heterocycles. The Bertz CT molecular complexity index is 577. The fourth-order valence-corrected chi connectivity index (χ4v) is 2.90. The largest absolute Gasteiger partial charge is 0.365 e. The van der Waals surface area contributed by atoms with E-state index in [0.717, 1.165) is 20.3 Å². The van der Waals surface area contributed by atoms with Gasteiger partial charge >= 0.3 is 5.91 Å². The van der Waals surface area contributed by atoms with E-state index in [4.69, 9.17) is 0 Å². The summed E-state index contributed by atoms with van der Waals surface area (Å²) in [5, 5.41) is 0. The molecule has 1 aromatic carbocycles. The summed E-state index contributed by atoms with van der Waals surface area (Å²) in [7, 11) is 1.56. The normalized spacial score (nSPS) is 22.2. The number of benzene rings is 1. The molecule has 2 aliphatic rings. The predicted molar refractivity (Wildman–Crippen MR) is 67.4 cm³/mol. The van der Waals surface area contributed by atoms with Crippen LogP contribution in [0.3, 0.4) is 0 Å². The summed E-state index contributed by atoms with van der Waals surface area (Å²) in [5.74, 6) is 0.145. The van der Waals surface area contributed by atoms with Gasteiger partial charge < -0.3 is 0 Å².